The zero-order valence-electron chi connectivity index (χ0n) is 5.00. The van der Waals surface area contributed by atoms with Crippen molar-refractivity contribution >= 4 is 12.4 Å². The van der Waals surface area contributed by atoms with E-state index in [2.05, 4.69) is 6.58 Å². The molecule has 1 heteroatoms. The van der Waals surface area contributed by atoms with Gasteiger partial charge in [-0.3, -0.25) is 0 Å². The van der Waals surface area contributed by atoms with E-state index in [1.807, 2.05) is 31.2 Å². The van der Waals surface area contributed by atoms with Gasteiger partial charge in [0.15, 0.2) is 0 Å². The van der Waals surface area contributed by atoms with E-state index in [0.29, 0.717) is 0 Å². The molecule has 0 fully saturated rings. The maximum absolute atomic E-state index is 3.51. The summed E-state index contributed by atoms with van der Waals surface area (Å²) >= 11 is 0. The molecule has 0 N–H and O–H groups in total. The molecule has 0 radical (unpaired) electrons. The van der Waals surface area contributed by atoms with Gasteiger partial charge < -0.3 is 0 Å². The zero-order chi connectivity index (χ0) is 5.54. The van der Waals surface area contributed by atoms with Crippen LogP contribution in [0.5, 0.6) is 0 Å². The van der Waals surface area contributed by atoms with Gasteiger partial charge in [0.1, 0.15) is 0 Å². The average Bonchev–Trinajstić information content (AvgIpc) is 1.69. The summed E-state index contributed by atoms with van der Waals surface area (Å²) in [4.78, 5) is 0. The monoisotopic (exact) mass is 130 g/mol. The van der Waals surface area contributed by atoms with Crippen molar-refractivity contribution in [3.63, 3.8) is 0 Å². The Morgan fingerprint density at radius 2 is 1.75 bits per heavy atom. The highest BCUT2D eigenvalue weighted by atomic mass is 35.5. The molecule has 8 heavy (non-hydrogen) atoms. The second kappa shape index (κ2) is 9.72. The fourth-order valence-corrected chi connectivity index (χ4v) is 0.254. The lowest BCUT2D eigenvalue weighted by Crippen LogP contribution is -1.43. The third kappa shape index (κ3) is 9.10. The first-order valence-electron chi connectivity index (χ1n) is 2.32. The van der Waals surface area contributed by atoms with E-state index in [-0.39, 0.29) is 12.4 Å². The van der Waals surface area contributed by atoms with Crippen LogP contribution < -0.4 is 0 Å². The van der Waals surface area contributed by atoms with Gasteiger partial charge in [0, 0.05) is 0 Å². The van der Waals surface area contributed by atoms with Gasteiger partial charge in [-0.2, -0.15) is 0 Å². The van der Waals surface area contributed by atoms with E-state index in [1.54, 1.807) is 6.08 Å². The van der Waals surface area contributed by atoms with Crippen LogP contribution >= 0.6 is 12.4 Å². The molecule has 0 atom stereocenters. The van der Waals surface area contributed by atoms with Crippen molar-refractivity contribution in [2.45, 2.75) is 6.92 Å². The van der Waals surface area contributed by atoms with Crippen molar-refractivity contribution in [2.24, 2.45) is 0 Å². The van der Waals surface area contributed by atoms with E-state index < -0.39 is 0 Å². The fourth-order valence-electron chi connectivity index (χ4n) is 0.254. The van der Waals surface area contributed by atoms with Crippen LogP contribution in [0.2, 0.25) is 0 Å². The van der Waals surface area contributed by atoms with Gasteiger partial charge in [-0.25, -0.2) is 0 Å². The molecular formula is C7H11Cl. The number of hydrogen-bond acceptors (Lipinski definition) is 0. The van der Waals surface area contributed by atoms with Crippen LogP contribution in [0.25, 0.3) is 0 Å². The highest BCUT2D eigenvalue weighted by Gasteiger charge is 1.52. The molecule has 0 aromatic heterocycles. The van der Waals surface area contributed by atoms with Crippen molar-refractivity contribution in [3.05, 3.63) is 37.0 Å². The van der Waals surface area contributed by atoms with Gasteiger partial charge in [0.25, 0.3) is 0 Å². The SMILES string of the molecule is C=C/C=C\C=C/C.Cl. The van der Waals surface area contributed by atoms with Crippen LogP contribution in [-0.4, -0.2) is 0 Å². The summed E-state index contributed by atoms with van der Waals surface area (Å²) in [7, 11) is 0. The highest BCUT2D eigenvalue weighted by Crippen LogP contribution is 1.74. The summed E-state index contributed by atoms with van der Waals surface area (Å²) in [6.45, 7) is 5.49. The third-order valence-corrected chi connectivity index (χ3v) is 0.551. The van der Waals surface area contributed by atoms with Crippen molar-refractivity contribution in [3.8, 4) is 0 Å². The molecule has 0 saturated carbocycles. The molecular weight excluding hydrogens is 120 g/mol. The molecule has 0 rings (SSSR count). The van der Waals surface area contributed by atoms with E-state index in [9.17, 15) is 0 Å². The minimum atomic E-state index is 0. The maximum Gasteiger partial charge on any atom is -0.0467 e. The van der Waals surface area contributed by atoms with Crippen LogP contribution in [0.15, 0.2) is 37.0 Å². The molecule has 46 valence electrons. The Morgan fingerprint density at radius 1 is 1.12 bits per heavy atom. The summed E-state index contributed by atoms with van der Waals surface area (Å²) in [5, 5.41) is 0. The molecule has 0 heterocycles. The standard InChI is InChI=1S/C7H10.ClH/c1-3-5-7-6-4-2;/h3-7H,1H2,2H3;1H/b6-4-,7-5-;. The zero-order valence-corrected chi connectivity index (χ0v) is 5.82. The Bertz CT molecular complexity index is 90.6. The number of hydrogen-bond donors (Lipinski definition) is 0. The first-order valence-corrected chi connectivity index (χ1v) is 2.32. The van der Waals surface area contributed by atoms with Crippen molar-refractivity contribution in [2.75, 3.05) is 0 Å². The van der Waals surface area contributed by atoms with Crippen molar-refractivity contribution in [1.82, 2.24) is 0 Å². The van der Waals surface area contributed by atoms with Gasteiger partial charge >= 0.3 is 0 Å². The molecule has 0 aliphatic rings. The Labute approximate surface area is 57.0 Å². The molecule has 0 aromatic rings. The molecule has 0 saturated heterocycles. The van der Waals surface area contributed by atoms with E-state index in [4.69, 9.17) is 0 Å². The predicted molar refractivity (Wildman–Crippen MR) is 41.4 cm³/mol. The lowest BCUT2D eigenvalue weighted by Gasteiger charge is -1.65. The fraction of sp³-hybridized carbons (Fsp3) is 0.143. The van der Waals surface area contributed by atoms with Gasteiger partial charge in [-0.05, 0) is 6.92 Å². The lowest BCUT2D eigenvalue weighted by molar-refractivity contribution is 1.73. The largest absolute Gasteiger partial charge is 0.147 e. The Kier molecular flexibility index (Phi) is 12.7. The first-order chi connectivity index (χ1) is 3.41. The molecule has 0 unspecified atom stereocenters. The molecule has 0 spiro atoms. The highest BCUT2D eigenvalue weighted by molar-refractivity contribution is 5.85. The maximum atomic E-state index is 3.51. The molecule has 0 aromatic carbocycles. The van der Waals surface area contributed by atoms with Crippen LogP contribution in [0, 0.1) is 0 Å². The first kappa shape index (κ1) is 10.5. The van der Waals surface area contributed by atoms with E-state index in [1.165, 1.54) is 0 Å². The lowest BCUT2D eigenvalue weighted by atomic mass is 10.4. The second-order valence-electron chi connectivity index (χ2n) is 1.15. The van der Waals surface area contributed by atoms with E-state index in [0.717, 1.165) is 0 Å². The third-order valence-electron chi connectivity index (χ3n) is 0.551. The van der Waals surface area contributed by atoms with Crippen molar-refractivity contribution < 1.29 is 0 Å². The molecule has 0 bridgehead atoms. The number of rotatable bonds is 2. The second-order valence-corrected chi connectivity index (χ2v) is 1.15. The smallest absolute Gasteiger partial charge is 0.0467 e. The van der Waals surface area contributed by atoms with Crippen LogP contribution in [0.4, 0.5) is 0 Å². The molecule has 0 amide bonds. The quantitative estimate of drug-likeness (QED) is 0.505. The molecule has 0 nitrogen and oxygen atoms in total. The summed E-state index contributed by atoms with van der Waals surface area (Å²) in [6.07, 6.45) is 9.51. The Hall–Kier alpha value is -0.490. The van der Waals surface area contributed by atoms with E-state index >= 15 is 0 Å². The predicted octanol–water partition coefficient (Wildman–Crippen LogP) is 2.73. The van der Waals surface area contributed by atoms with Gasteiger partial charge in [0.05, 0.1) is 0 Å². The minimum Gasteiger partial charge on any atom is -0.147 e. The van der Waals surface area contributed by atoms with Crippen molar-refractivity contribution in [1.29, 1.82) is 0 Å². The number of halogens is 1. The summed E-state index contributed by atoms with van der Waals surface area (Å²) < 4.78 is 0. The molecule has 0 aliphatic carbocycles. The molecule has 0 aliphatic heterocycles. The number of allylic oxidation sites excluding steroid dienone is 5. The van der Waals surface area contributed by atoms with Crippen LogP contribution in [0.3, 0.4) is 0 Å². The van der Waals surface area contributed by atoms with Gasteiger partial charge in [0.2, 0.25) is 0 Å². The average molecular weight is 131 g/mol. The Balaban J connectivity index is 0. The van der Waals surface area contributed by atoms with Gasteiger partial charge in [-0.1, -0.05) is 37.0 Å². The Morgan fingerprint density at radius 3 is 2.12 bits per heavy atom. The summed E-state index contributed by atoms with van der Waals surface area (Å²) in [5.74, 6) is 0. The normalized spacial score (nSPS) is 9.62. The van der Waals surface area contributed by atoms with Crippen LogP contribution in [-0.2, 0) is 0 Å². The van der Waals surface area contributed by atoms with Gasteiger partial charge in [-0.15, -0.1) is 12.4 Å². The minimum absolute atomic E-state index is 0. The van der Waals surface area contributed by atoms with Crippen LogP contribution in [0.1, 0.15) is 6.92 Å². The summed E-state index contributed by atoms with van der Waals surface area (Å²) in [5.41, 5.74) is 0. The topological polar surface area (TPSA) is 0 Å². The summed E-state index contributed by atoms with van der Waals surface area (Å²) in [6, 6.07) is 0.